The van der Waals surface area contributed by atoms with Gasteiger partial charge in [-0.05, 0) is 13.3 Å². The van der Waals surface area contributed by atoms with Crippen LogP contribution in [0.5, 0.6) is 0 Å². The first-order chi connectivity index (χ1) is 7.54. The van der Waals surface area contributed by atoms with Gasteiger partial charge in [-0.15, -0.1) is 0 Å². The molecule has 2 atom stereocenters. The number of amides is 1. The van der Waals surface area contributed by atoms with Crippen LogP contribution in [0.3, 0.4) is 0 Å². The lowest BCUT2D eigenvalue weighted by molar-refractivity contribution is -0.143. The number of hydrogen-bond donors (Lipinski definition) is 1. The first-order valence-corrected chi connectivity index (χ1v) is 6.19. The Hall–Kier alpha value is -0.610. The van der Waals surface area contributed by atoms with Gasteiger partial charge >= 0.3 is 0 Å². The monoisotopic (exact) mass is 228 g/mol. The summed E-state index contributed by atoms with van der Waals surface area (Å²) in [7, 11) is 0. The van der Waals surface area contributed by atoms with Crippen LogP contribution in [0.15, 0.2) is 0 Å². The van der Waals surface area contributed by atoms with Crippen LogP contribution < -0.4 is 5.32 Å². The predicted molar refractivity (Wildman–Crippen MR) is 64.3 cm³/mol. The normalized spacial score (nSPS) is 26.2. The topological polar surface area (TPSA) is 41.6 Å². The van der Waals surface area contributed by atoms with Crippen molar-refractivity contribution in [2.75, 3.05) is 19.7 Å². The number of morpholine rings is 1. The molecule has 1 aliphatic heterocycles. The Kier molecular flexibility index (Phi) is 5.22. The smallest absolute Gasteiger partial charge is 0.236 e. The van der Waals surface area contributed by atoms with Crippen molar-refractivity contribution >= 4 is 5.91 Å². The van der Waals surface area contributed by atoms with E-state index in [2.05, 4.69) is 12.2 Å². The van der Waals surface area contributed by atoms with Crippen LogP contribution in [0.2, 0.25) is 0 Å². The number of rotatable bonds is 4. The second-order valence-electron chi connectivity index (χ2n) is 4.79. The second kappa shape index (κ2) is 6.21. The average Bonchev–Trinajstić information content (AvgIpc) is 2.25. The Morgan fingerprint density at radius 1 is 1.56 bits per heavy atom. The Morgan fingerprint density at radius 2 is 2.25 bits per heavy atom. The maximum absolute atomic E-state index is 12.0. The molecule has 2 unspecified atom stereocenters. The lowest BCUT2D eigenvalue weighted by Crippen LogP contribution is -2.53. The molecule has 94 valence electrons. The van der Waals surface area contributed by atoms with Gasteiger partial charge in [-0.25, -0.2) is 0 Å². The number of carbonyl (C=O) groups excluding carboxylic acids is 1. The van der Waals surface area contributed by atoms with Gasteiger partial charge in [0.05, 0.1) is 25.3 Å². The summed E-state index contributed by atoms with van der Waals surface area (Å²) in [6.07, 6.45) is 1.12. The Morgan fingerprint density at radius 3 is 2.81 bits per heavy atom. The molecule has 1 rings (SSSR count). The number of ether oxygens (including phenoxy) is 1. The molecule has 1 amide bonds. The third-order valence-electron chi connectivity index (χ3n) is 2.92. The summed E-state index contributed by atoms with van der Waals surface area (Å²) in [5, 5.41) is 3.17. The first-order valence-electron chi connectivity index (χ1n) is 6.19. The second-order valence-corrected chi connectivity index (χ2v) is 4.79. The molecule has 1 heterocycles. The van der Waals surface area contributed by atoms with Crippen LogP contribution in [0.1, 0.15) is 34.1 Å². The van der Waals surface area contributed by atoms with Gasteiger partial charge in [-0.1, -0.05) is 20.8 Å². The van der Waals surface area contributed by atoms with E-state index in [0.717, 1.165) is 13.0 Å². The summed E-state index contributed by atoms with van der Waals surface area (Å²) in [6.45, 7) is 10.0. The highest BCUT2D eigenvalue weighted by Crippen LogP contribution is 2.14. The highest BCUT2D eigenvalue weighted by atomic mass is 16.5. The number of hydrogen-bond acceptors (Lipinski definition) is 3. The highest BCUT2D eigenvalue weighted by molar-refractivity contribution is 5.78. The van der Waals surface area contributed by atoms with E-state index in [1.54, 1.807) is 0 Å². The SMILES string of the molecule is CCC1COC(C)CN1C(=O)CNC(C)C. The van der Waals surface area contributed by atoms with Crippen molar-refractivity contribution in [3.63, 3.8) is 0 Å². The van der Waals surface area contributed by atoms with Crippen LogP contribution in [0.25, 0.3) is 0 Å². The lowest BCUT2D eigenvalue weighted by Gasteiger charge is -2.38. The molecule has 0 aliphatic carbocycles. The van der Waals surface area contributed by atoms with E-state index >= 15 is 0 Å². The molecule has 1 N–H and O–H groups in total. The third kappa shape index (κ3) is 3.76. The number of nitrogens with zero attached hydrogens (tertiary/aromatic N) is 1. The van der Waals surface area contributed by atoms with E-state index < -0.39 is 0 Å². The number of carbonyl (C=O) groups is 1. The summed E-state index contributed by atoms with van der Waals surface area (Å²) in [5.74, 6) is 0.190. The van der Waals surface area contributed by atoms with Crippen molar-refractivity contribution < 1.29 is 9.53 Å². The molecule has 0 spiro atoms. The molecule has 1 aliphatic rings. The minimum atomic E-state index is 0.158. The zero-order chi connectivity index (χ0) is 12.1. The first kappa shape index (κ1) is 13.5. The molecular weight excluding hydrogens is 204 g/mol. The van der Waals surface area contributed by atoms with Crippen molar-refractivity contribution in [3.8, 4) is 0 Å². The predicted octanol–water partition coefficient (Wildman–Crippen LogP) is 1.01. The molecule has 1 saturated heterocycles. The van der Waals surface area contributed by atoms with Crippen molar-refractivity contribution in [1.29, 1.82) is 0 Å². The molecule has 0 aromatic heterocycles. The third-order valence-corrected chi connectivity index (χ3v) is 2.92. The molecule has 0 aromatic rings. The lowest BCUT2D eigenvalue weighted by atomic mass is 10.1. The van der Waals surface area contributed by atoms with E-state index in [1.807, 2.05) is 25.7 Å². The molecule has 4 heteroatoms. The van der Waals surface area contributed by atoms with Crippen LogP contribution in [0, 0.1) is 0 Å². The summed E-state index contributed by atoms with van der Waals surface area (Å²) in [6, 6.07) is 0.597. The van der Waals surface area contributed by atoms with Gasteiger partial charge in [-0.3, -0.25) is 4.79 Å². The van der Waals surface area contributed by atoms with E-state index in [4.69, 9.17) is 4.74 Å². The molecule has 0 bridgehead atoms. The zero-order valence-electron chi connectivity index (χ0n) is 10.8. The Labute approximate surface area is 98.3 Å². The number of nitrogens with one attached hydrogen (secondary N) is 1. The minimum absolute atomic E-state index is 0.158. The van der Waals surface area contributed by atoms with Crippen LogP contribution in [0.4, 0.5) is 0 Å². The molecule has 4 nitrogen and oxygen atoms in total. The Bertz CT molecular complexity index is 231. The maximum atomic E-state index is 12.0. The van der Waals surface area contributed by atoms with Crippen molar-refractivity contribution in [2.45, 2.75) is 52.3 Å². The minimum Gasteiger partial charge on any atom is -0.375 e. The molecule has 0 radical (unpaired) electrons. The maximum Gasteiger partial charge on any atom is 0.236 e. The van der Waals surface area contributed by atoms with Crippen LogP contribution in [-0.2, 0) is 9.53 Å². The molecule has 0 saturated carbocycles. The molecule has 1 fully saturated rings. The largest absolute Gasteiger partial charge is 0.375 e. The average molecular weight is 228 g/mol. The van der Waals surface area contributed by atoms with Gasteiger partial charge in [0, 0.05) is 12.6 Å². The standard InChI is InChI=1S/C12H24N2O2/c1-5-11-8-16-10(4)7-14(11)12(15)6-13-9(2)3/h9-11,13H,5-8H2,1-4H3. The van der Waals surface area contributed by atoms with Gasteiger partial charge in [0.25, 0.3) is 0 Å². The fraction of sp³-hybridized carbons (Fsp3) is 0.917. The van der Waals surface area contributed by atoms with Gasteiger partial charge in [0.2, 0.25) is 5.91 Å². The van der Waals surface area contributed by atoms with Crippen molar-refractivity contribution in [3.05, 3.63) is 0 Å². The van der Waals surface area contributed by atoms with E-state index in [1.165, 1.54) is 0 Å². The molecular formula is C12H24N2O2. The van der Waals surface area contributed by atoms with E-state index in [0.29, 0.717) is 19.2 Å². The van der Waals surface area contributed by atoms with Crippen molar-refractivity contribution in [1.82, 2.24) is 10.2 Å². The summed E-state index contributed by atoms with van der Waals surface area (Å²) >= 11 is 0. The van der Waals surface area contributed by atoms with Crippen LogP contribution in [-0.4, -0.2) is 48.7 Å². The zero-order valence-corrected chi connectivity index (χ0v) is 10.8. The summed E-state index contributed by atoms with van der Waals surface area (Å²) in [4.78, 5) is 14.0. The molecule has 0 aromatic carbocycles. The Balaban J connectivity index is 2.49. The van der Waals surface area contributed by atoms with Gasteiger partial charge in [0.15, 0.2) is 0 Å². The van der Waals surface area contributed by atoms with Gasteiger partial charge < -0.3 is 15.0 Å². The van der Waals surface area contributed by atoms with Gasteiger partial charge in [-0.2, -0.15) is 0 Å². The summed E-state index contributed by atoms with van der Waals surface area (Å²) < 4.78 is 5.57. The fourth-order valence-electron chi connectivity index (χ4n) is 1.88. The quantitative estimate of drug-likeness (QED) is 0.781. The fourth-order valence-corrected chi connectivity index (χ4v) is 1.88. The highest BCUT2D eigenvalue weighted by Gasteiger charge is 2.28. The van der Waals surface area contributed by atoms with E-state index in [9.17, 15) is 4.79 Å². The molecule has 16 heavy (non-hydrogen) atoms. The van der Waals surface area contributed by atoms with Crippen molar-refractivity contribution in [2.24, 2.45) is 0 Å². The van der Waals surface area contributed by atoms with Crippen LogP contribution >= 0.6 is 0 Å². The van der Waals surface area contributed by atoms with E-state index in [-0.39, 0.29) is 18.1 Å². The van der Waals surface area contributed by atoms with Gasteiger partial charge in [0.1, 0.15) is 0 Å². The summed E-state index contributed by atoms with van der Waals surface area (Å²) in [5.41, 5.74) is 0.